The van der Waals surface area contributed by atoms with Gasteiger partial charge in [0.2, 0.25) is 11.8 Å². The lowest BCUT2D eigenvalue weighted by Gasteiger charge is -2.35. The number of hydrogen-bond acceptors (Lipinski definition) is 5. The molecule has 1 unspecified atom stereocenters. The molecular weight excluding hydrogens is 334 g/mol. The molecule has 7 nitrogen and oxygen atoms in total. The van der Waals surface area contributed by atoms with Crippen molar-refractivity contribution in [3.63, 3.8) is 0 Å². The second kappa shape index (κ2) is 7.78. The quantitative estimate of drug-likeness (QED) is 0.892. The van der Waals surface area contributed by atoms with Crippen molar-refractivity contribution >= 4 is 17.6 Å². The monoisotopic (exact) mass is 363 g/mol. The first kappa shape index (κ1) is 18.9. The summed E-state index contributed by atoms with van der Waals surface area (Å²) in [6, 6.07) is 1.77. The highest BCUT2D eigenvalue weighted by Gasteiger charge is 2.33. The molecule has 2 amide bonds. The van der Waals surface area contributed by atoms with Crippen LogP contribution in [0.2, 0.25) is 0 Å². The first-order valence-corrected chi connectivity index (χ1v) is 9.49. The van der Waals surface area contributed by atoms with Crippen molar-refractivity contribution in [3.05, 3.63) is 11.8 Å². The van der Waals surface area contributed by atoms with Crippen LogP contribution < -0.4 is 5.32 Å². The molecule has 2 aliphatic heterocycles. The van der Waals surface area contributed by atoms with Gasteiger partial charge in [0, 0.05) is 43.7 Å². The smallest absolute Gasteiger partial charge is 0.230 e. The molecule has 2 aliphatic rings. The molecule has 26 heavy (non-hydrogen) atoms. The van der Waals surface area contributed by atoms with Crippen LogP contribution in [0.4, 0.5) is 5.82 Å². The number of ether oxygens (including phenoxy) is 1. The van der Waals surface area contributed by atoms with E-state index < -0.39 is 0 Å². The number of anilines is 1. The highest BCUT2D eigenvalue weighted by atomic mass is 16.5. The number of nitrogens with one attached hydrogen (secondary N) is 1. The Labute approximate surface area is 154 Å². The van der Waals surface area contributed by atoms with Crippen molar-refractivity contribution in [2.45, 2.75) is 51.9 Å². The van der Waals surface area contributed by atoms with Gasteiger partial charge in [-0.3, -0.25) is 9.59 Å². The van der Waals surface area contributed by atoms with Gasteiger partial charge in [-0.05, 0) is 25.7 Å². The number of carbonyl (C=O) groups is 2. The molecule has 1 aromatic heterocycles. The van der Waals surface area contributed by atoms with Crippen molar-refractivity contribution in [1.29, 1.82) is 0 Å². The molecule has 1 N–H and O–H groups in total. The first-order chi connectivity index (χ1) is 12.3. The predicted molar refractivity (Wildman–Crippen MR) is 96.7 cm³/mol. The van der Waals surface area contributed by atoms with E-state index in [4.69, 9.17) is 9.26 Å². The van der Waals surface area contributed by atoms with E-state index in [0.717, 1.165) is 38.0 Å². The Morgan fingerprint density at radius 2 is 1.92 bits per heavy atom. The number of aromatic nitrogens is 1. The van der Waals surface area contributed by atoms with E-state index in [2.05, 4.69) is 10.5 Å². The molecular formula is C19H29N3O4. The maximum Gasteiger partial charge on any atom is 0.230 e. The number of rotatable bonds is 3. The average Bonchev–Trinajstić information content (AvgIpc) is 3.11. The van der Waals surface area contributed by atoms with Crippen LogP contribution in [0, 0.1) is 11.8 Å². The lowest BCUT2D eigenvalue weighted by molar-refractivity contribution is -0.141. The zero-order chi connectivity index (χ0) is 18.7. The molecule has 7 heteroatoms. The predicted octanol–water partition coefficient (Wildman–Crippen LogP) is 2.58. The van der Waals surface area contributed by atoms with Crippen LogP contribution >= 0.6 is 0 Å². The Kier molecular flexibility index (Phi) is 5.65. The molecule has 0 spiro atoms. The van der Waals surface area contributed by atoms with Crippen molar-refractivity contribution in [1.82, 2.24) is 10.1 Å². The second-order valence-electron chi connectivity index (χ2n) is 8.33. The highest BCUT2D eigenvalue weighted by molar-refractivity contribution is 5.92. The van der Waals surface area contributed by atoms with Crippen LogP contribution in [0.3, 0.4) is 0 Å². The summed E-state index contributed by atoms with van der Waals surface area (Å²) in [5.74, 6) is 1.07. The van der Waals surface area contributed by atoms with Gasteiger partial charge in [-0.1, -0.05) is 25.9 Å². The largest absolute Gasteiger partial charge is 0.381 e. The van der Waals surface area contributed by atoms with Gasteiger partial charge in [0.15, 0.2) is 5.82 Å². The number of likely N-dealkylation sites (tertiary alicyclic amines) is 1. The number of hydrogen-bond donors (Lipinski definition) is 1. The van der Waals surface area contributed by atoms with Crippen LogP contribution in [0.1, 0.15) is 52.2 Å². The highest BCUT2D eigenvalue weighted by Crippen LogP contribution is 2.26. The Morgan fingerprint density at radius 3 is 2.58 bits per heavy atom. The molecule has 1 aromatic rings. The van der Waals surface area contributed by atoms with E-state index in [-0.39, 0.29) is 29.1 Å². The van der Waals surface area contributed by atoms with Gasteiger partial charge >= 0.3 is 0 Å². The van der Waals surface area contributed by atoms with Crippen molar-refractivity contribution in [2.75, 3.05) is 31.6 Å². The van der Waals surface area contributed by atoms with E-state index in [1.54, 1.807) is 6.07 Å². The van der Waals surface area contributed by atoms with Gasteiger partial charge < -0.3 is 19.5 Å². The summed E-state index contributed by atoms with van der Waals surface area (Å²) in [7, 11) is 0. The van der Waals surface area contributed by atoms with Crippen molar-refractivity contribution in [3.8, 4) is 0 Å². The molecule has 1 atom stereocenters. The summed E-state index contributed by atoms with van der Waals surface area (Å²) in [6.07, 6.45) is 3.19. The lowest BCUT2D eigenvalue weighted by Crippen LogP contribution is -2.46. The maximum atomic E-state index is 12.7. The summed E-state index contributed by atoms with van der Waals surface area (Å²) < 4.78 is 10.7. The molecule has 0 aliphatic carbocycles. The van der Waals surface area contributed by atoms with Crippen molar-refractivity contribution in [2.24, 2.45) is 11.8 Å². The van der Waals surface area contributed by atoms with Crippen LogP contribution in [0.5, 0.6) is 0 Å². The van der Waals surface area contributed by atoms with E-state index in [1.165, 1.54) is 0 Å². The molecule has 3 heterocycles. The van der Waals surface area contributed by atoms with E-state index in [1.807, 2.05) is 25.7 Å². The normalized spacial score (nSPS) is 22.3. The van der Waals surface area contributed by atoms with Crippen LogP contribution in [0.15, 0.2) is 10.6 Å². The maximum absolute atomic E-state index is 12.7. The van der Waals surface area contributed by atoms with E-state index in [9.17, 15) is 9.59 Å². The number of piperidine rings is 1. The van der Waals surface area contributed by atoms with Crippen LogP contribution in [-0.2, 0) is 19.7 Å². The summed E-state index contributed by atoms with van der Waals surface area (Å²) in [5, 5.41) is 6.79. The third kappa shape index (κ3) is 4.44. The number of carbonyl (C=O) groups excluding carboxylic acids is 2. The van der Waals surface area contributed by atoms with Crippen LogP contribution in [-0.4, -0.2) is 48.2 Å². The fraction of sp³-hybridized carbons (Fsp3) is 0.737. The molecule has 144 valence electrons. The Balaban J connectivity index is 1.57. The van der Waals surface area contributed by atoms with E-state index in [0.29, 0.717) is 25.6 Å². The summed E-state index contributed by atoms with van der Waals surface area (Å²) in [4.78, 5) is 27.2. The van der Waals surface area contributed by atoms with Gasteiger partial charge in [0.25, 0.3) is 0 Å². The number of amides is 2. The third-order valence-corrected chi connectivity index (χ3v) is 5.18. The third-order valence-electron chi connectivity index (χ3n) is 5.18. The second-order valence-corrected chi connectivity index (χ2v) is 8.33. The SMILES string of the molecule is CC(C)(C)c1cc(NC(=O)C2CCCN(C(=O)C3CCOCC3)C2)no1. The summed E-state index contributed by atoms with van der Waals surface area (Å²) in [5.41, 5.74) is -0.159. The zero-order valence-electron chi connectivity index (χ0n) is 15.9. The average molecular weight is 363 g/mol. The Morgan fingerprint density at radius 1 is 1.19 bits per heavy atom. The van der Waals surface area contributed by atoms with Crippen molar-refractivity contribution < 1.29 is 18.8 Å². The van der Waals surface area contributed by atoms with Gasteiger partial charge in [-0.15, -0.1) is 0 Å². The lowest BCUT2D eigenvalue weighted by atomic mass is 9.93. The molecule has 3 rings (SSSR count). The minimum atomic E-state index is -0.206. The minimum absolute atomic E-state index is 0.0374. The fourth-order valence-electron chi connectivity index (χ4n) is 3.51. The molecule has 2 fully saturated rings. The minimum Gasteiger partial charge on any atom is -0.381 e. The Bertz CT molecular complexity index is 643. The van der Waals surface area contributed by atoms with Gasteiger partial charge in [-0.2, -0.15) is 0 Å². The van der Waals surface area contributed by atoms with E-state index >= 15 is 0 Å². The van der Waals surface area contributed by atoms with Gasteiger partial charge in [0.05, 0.1) is 5.92 Å². The summed E-state index contributed by atoms with van der Waals surface area (Å²) >= 11 is 0. The topological polar surface area (TPSA) is 84.7 Å². The fourth-order valence-corrected chi connectivity index (χ4v) is 3.51. The molecule has 2 saturated heterocycles. The summed E-state index contributed by atoms with van der Waals surface area (Å²) in [6.45, 7) is 8.59. The number of nitrogens with zero attached hydrogens (tertiary/aromatic N) is 2. The Hall–Kier alpha value is -1.89. The first-order valence-electron chi connectivity index (χ1n) is 9.49. The van der Waals surface area contributed by atoms with Gasteiger partial charge in [-0.25, -0.2) is 0 Å². The zero-order valence-corrected chi connectivity index (χ0v) is 15.9. The molecule has 0 saturated carbocycles. The standard InChI is InChI=1S/C19H29N3O4/c1-19(2,3)15-11-16(21-26-15)20-17(23)14-5-4-8-22(12-14)18(24)13-6-9-25-10-7-13/h11,13-14H,4-10,12H2,1-3H3,(H,20,21,23). The van der Waals surface area contributed by atoms with Crippen LogP contribution in [0.25, 0.3) is 0 Å². The molecule has 0 bridgehead atoms. The molecule has 0 radical (unpaired) electrons. The van der Waals surface area contributed by atoms with Gasteiger partial charge in [0.1, 0.15) is 5.76 Å². The molecule has 0 aromatic carbocycles.